The summed E-state index contributed by atoms with van der Waals surface area (Å²) >= 11 is 5.96. The molecule has 0 aliphatic heterocycles. The Kier molecular flexibility index (Phi) is 5.02. The minimum atomic E-state index is -0.505. The Morgan fingerprint density at radius 3 is 2.80 bits per heavy atom. The lowest BCUT2D eigenvalue weighted by Gasteiger charge is -2.13. The first-order chi connectivity index (χ1) is 12.0. The summed E-state index contributed by atoms with van der Waals surface area (Å²) < 4.78 is 11.0. The maximum absolute atomic E-state index is 11.6. The van der Waals surface area contributed by atoms with Gasteiger partial charge in [0.1, 0.15) is 17.9 Å². The van der Waals surface area contributed by atoms with Crippen LogP contribution in [0.4, 0.5) is 0 Å². The number of benzene rings is 2. The van der Waals surface area contributed by atoms with Crippen molar-refractivity contribution in [3.05, 3.63) is 75.1 Å². The Bertz CT molecular complexity index is 971. The Hall–Kier alpha value is -2.83. The Morgan fingerprint density at radius 2 is 2.04 bits per heavy atom. The number of hydrazine groups is 1. The minimum absolute atomic E-state index is 0.0867. The van der Waals surface area contributed by atoms with Crippen LogP contribution in [0.2, 0.25) is 5.02 Å². The number of hydrogen-bond acceptors (Lipinski definition) is 5. The first-order valence-electron chi connectivity index (χ1n) is 7.46. The van der Waals surface area contributed by atoms with E-state index < -0.39 is 5.63 Å². The maximum atomic E-state index is 11.6. The topological polar surface area (TPSA) is 85.8 Å². The number of halogens is 1. The molecule has 25 heavy (non-hydrogen) atoms. The number of hydrogen-bond donors (Lipinski definition) is 1. The number of ether oxygens (including phenoxy) is 1. The van der Waals surface area contributed by atoms with Crippen molar-refractivity contribution in [3.8, 4) is 5.75 Å². The third-order valence-corrected chi connectivity index (χ3v) is 3.82. The lowest BCUT2D eigenvalue weighted by Crippen LogP contribution is -2.29. The molecule has 2 aromatic carbocycles. The molecule has 2 N–H and O–H groups in total. The van der Waals surface area contributed by atoms with Crippen LogP contribution in [0.1, 0.15) is 11.1 Å². The fraction of sp³-hybridized carbons (Fsp3) is 0.111. The molecule has 1 heterocycles. The van der Waals surface area contributed by atoms with Crippen molar-refractivity contribution in [2.24, 2.45) is 5.84 Å². The fourth-order valence-corrected chi connectivity index (χ4v) is 2.67. The van der Waals surface area contributed by atoms with Gasteiger partial charge in [0.2, 0.25) is 6.41 Å². The minimum Gasteiger partial charge on any atom is -0.489 e. The smallest absolute Gasteiger partial charge is 0.336 e. The highest BCUT2D eigenvalue weighted by Crippen LogP contribution is 2.24. The van der Waals surface area contributed by atoms with Crippen LogP contribution < -0.4 is 16.2 Å². The predicted molar refractivity (Wildman–Crippen MR) is 94.1 cm³/mol. The molecule has 0 unspecified atom stereocenters. The van der Waals surface area contributed by atoms with Crippen molar-refractivity contribution in [1.29, 1.82) is 0 Å². The zero-order chi connectivity index (χ0) is 17.8. The van der Waals surface area contributed by atoms with Crippen LogP contribution in [0, 0.1) is 0 Å². The van der Waals surface area contributed by atoms with Crippen molar-refractivity contribution < 1.29 is 13.9 Å². The molecular weight excluding hydrogens is 344 g/mol. The van der Waals surface area contributed by atoms with Crippen molar-refractivity contribution in [1.82, 2.24) is 5.01 Å². The Balaban J connectivity index is 1.89. The number of carbonyl (C=O) groups excluding carboxylic acids is 1. The summed E-state index contributed by atoms with van der Waals surface area (Å²) in [5.41, 5.74) is 1.40. The summed E-state index contributed by atoms with van der Waals surface area (Å²) in [6.45, 7) is 0.429. The summed E-state index contributed by atoms with van der Waals surface area (Å²) in [4.78, 5) is 22.4. The molecule has 6 nitrogen and oxygen atoms in total. The number of amides is 1. The van der Waals surface area contributed by atoms with Crippen molar-refractivity contribution >= 4 is 29.0 Å². The van der Waals surface area contributed by atoms with Crippen LogP contribution in [0.25, 0.3) is 11.0 Å². The van der Waals surface area contributed by atoms with Crippen LogP contribution in [0.15, 0.2) is 57.7 Å². The summed E-state index contributed by atoms with van der Waals surface area (Å²) in [5, 5.41) is 2.24. The highest BCUT2D eigenvalue weighted by Gasteiger charge is 2.09. The summed E-state index contributed by atoms with van der Waals surface area (Å²) in [6, 6.07) is 13.8. The third kappa shape index (κ3) is 4.17. The van der Waals surface area contributed by atoms with E-state index in [0.29, 0.717) is 40.3 Å². The standard InChI is InChI=1S/C18H15ClN2O4/c19-14-3-1-2-12(6-14)10-24-15-4-5-17-16(8-15)13(7-18(23)25-17)9-21(20)11-22/h1-8,11H,9-10,20H2. The van der Waals surface area contributed by atoms with Gasteiger partial charge in [0.15, 0.2) is 0 Å². The lowest BCUT2D eigenvalue weighted by atomic mass is 10.1. The number of nitrogens with zero attached hydrogens (tertiary/aromatic N) is 1. The first kappa shape index (κ1) is 17.0. The van der Waals surface area contributed by atoms with Gasteiger partial charge in [-0.1, -0.05) is 23.7 Å². The van der Waals surface area contributed by atoms with E-state index in [1.807, 2.05) is 18.2 Å². The van der Waals surface area contributed by atoms with Crippen LogP contribution in [0.3, 0.4) is 0 Å². The van der Waals surface area contributed by atoms with Crippen LogP contribution in [-0.4, -0.2) is 11.4 Å². The highest BCUT2D eigenvalue weighted by molar-refractivity contribution is 6.30. The molecule has 0 spiro atoms. The summed E-state index contributed by atoms with van der Waals surface area (Å²) in [6.07, 6.45) is 0.486. The molecule has 0 fully saturated rings. The number of rotatable bonds is 6. The zero-order valence-electron chi connectivity index (χ0n) is 13.1. The molecule has 0 bridgehead atoms. The van der Waals surface area contributed by atoms with Gasteiger partial charge in [-0.2, -0.15) is 0 Å². The monoisotopic (exact) mass is 358 g/mol. The molecule has 7 heteroatoms. The molecule has 0 aliphatic carbocycles. The second-order valence-electron chi connectivity index (χ2n) is 5.44. The number of nitrogens with two attached hydrogens (primary N) is 1. The summed E-state index contributed by atoms with van der Waals surface area (Å²) in [5.74, 6) is 6.12. The van der Waals surface area contributed by atoms with E-state index in [-0.39, 0.29) is 6.54 Å². The van der Waals surface area contributed by atoms with E-state index in [2.05, 4.69) is 0 Å². The van der Waals surface area contributed by atoms with Crippen LogP contribution in [-0.2, 0) is 17.9 Å². The Morgan fingerprint density at radius 1 is 1.20 bits per heavy atom. The van der Waals surface area contributed by atoms with E-state index in [4.69, 9.17) is 26.6 Å². The van der Waals surface area contributed by atoms with E-state index >= 15 is 0 Å². The van der Waals surface area contributed by atoms with Gasteiger partial charge in [-0.15, -0.1) is 0 Å². The fourth-order valence-electron chi connectivity index (χ4n) is 2.45. The van der Waals surface area contributed by atoms with Crippen LogP contribution >= 0.6 is 11.6 Å². The number of carbonyl (C=O) groups is 1. The first-order valence-corrected chi connectivity index (χ1v) is 7.83. The molecule has 0 aliphatic rings. The molecule has 0 radical (unpaired) electrons. The van der Waals surface area contributed by atoms with Gasteiger partial charge >= 0.3 is 5.63 Å². The van der Waals surface area contributed by atoms with Gasteiger partial charge in [0.05, 0.1) is 6.54 Å². The molecule has 0 saturated heterocycles. The normalized spacial score (nSPS) is 10.6. The largest absolute Gasteiger partial charge is 0.489 e. The van der Waals surface area contributed by atoms with Crippen LogP contribution in [0.5, 0.6) is 5.75 Å². The summed E-state index contributed by atoms with van der Waals surface area (Å²) in [7, 11) is 0. The molecule has 1 aromatic heterocycles. The van der Waals surface area contributed by atoms with E-state index in [1.54, 1.807) is 24.3 Å². The van der Waals surface area contributed by atoms with Gasteiger partial charge in [-0.3, -0.25) is 9.80 Å². The molecule has 0 saturated carbocycles. The highest BCUT2D eigenvalue weighted by atomic mass is 35.5. The molecule has 3 aromatic rings. The SMILES string of the molecule is NN(C=O)Cc1cc(=O)oc2ccc(OCc3cccc(Cl)c3)cc12. The number of fused-ring (bicyclic) bond motifs is 1. The molecule has 0 atom stereocenters. The molecule has 128 valence electrons. The predicted octanol–water partition coefficient (Wildman–Crippen LogP) is 2.86. The van der Waals surface area contributed by atoms with E-state index in [9.17, 15) is 9.59 Å². The van der Waals surface area contributed by atoms with E-state index in [1.165, 1.54) is 6.07 Å². The maximum Gasteiger partial charge on any atom is 0.336 e. The lowest BCUT2D eigenvalue weighted by molar-refractivity contribution is -0.118. The molecule has 1 amide bonds. The molecule has 3 rings (SSSR count). The van der Waals surface area contributed by atoms with Gasteiger partial charge in [0.25, 0.3) is 0 Å². The van der Waals surface area contributed by atoms with Gasteiger partial charge in [0, 0.05) is 16.5 Å². The quantitative estimate of drug-likeness (QED) is 0.241. The van der Waals surface area contributed by atoms with Crippen molar-refractivity contribution in [2.75, 3.05) is 0 Å². The third-order valence-electron chi connectivity index (χ3n) is 3.58. The Labute approximate surface area is 148 Å². The molecular formula is C18H15ClN2O4. The second kappa shape index (κ2) is 7.38. The zero-order valence-corrected chi connectivity index (χ0v) is 13.9. The van der Waals surface area contributed by atoms with Gasteiger partial charge in [-0.25, -0.2) is 10.6 Å². The van der Waals surface area contributed by atoms with Crippen molar-refractivity contribution in [3.63, 3.8) is 0 Å². The average Bonchev–Trinajstić information content (AvgIpc) is 2.60. The van der Waals surface area contributed by atoms with Crippen molar-refractivity contribution in [2.45, 2.75) is 13.2 Å². The van der Waals surface area contributed by atoms with Gasteiger partial charge in [-0.05, 0) is 41.5 Å². The second-order valence-corrected chi connectivity index (χ2v) is 5.88. The average molecular weight is 359 g/mol. The van der Waals surface area contributed by atoms with E-state index in [0.717, 1.165) is 10.6 Å². The van der Waals surface area contributed by atoms with Gasteiger partial charge < -0.3 is 9.15 Å².